The van der Waals surface area contributed by atoms with E-state index in [2.05, 4.69) is 57.7 Å². The molecular weight excluding hydrogens is 286 g/mol. The van der Waals surface area contributed by atoms with E-state index in [4.69, 9.17) is 5.26 Å². The summed E-state index contributed by atoms with van der Waals surface area (Å²) < 4.78 is 0. The van der Waals surface area contributed by atoms with E-state index in [9.17, 15) is 0 Å². The number of likely N-dealkylation sites (tertiary alicyclic amines) is 1. The van der Waals surface area contributed by atoms with E-state index in [1.165, 1.54) is 12.0 Å². The van der Waals surface area contributed by atoms with Crippen molar-refractivity contribution in [2.45, 2.75) is 25.9 Å². The van der Waals surface area contributed by atoms with Crippen molar-refractivity contribution in [1.82, 2.24) is 15.1 Å². The van der Waals surface area contributed by atoms with Crippen LogP contribution in [0.15, 0.2) is 42.5 Å². The van der Waals surface area contributed by atoms with Crippen LogP contribution in [0.2, 0.25) is 0 Å². The van der Waals surface area contributed by atoms with E-state index in [-0.39, 0.29) is 0 Å². The first-order valence-electron chi connectivity index (χ1n) is 8.00. The molecule has 1 saturated heterocycles. The highest BCUT2D eigenvalue weighted by atomic mass is 15.2. The van der Waals surface area contributed by atoms with Gasteiger partial charge in [-0.2, -0.15) is 5.26 Å². The molecule has 5 nitrogen and oxygen atoms in total. The quantitative estimate of drug-likeness (QED) is 0.920. The molecule has 0 saturated carbocycles. The summed E-state index contributed by atoms with van der Waals surface area (Å²) >= 11 is 0. The van der Waals surface area contributed by atoms with Crippen molar-refractivity contribution in [2.24, 2.45) is 5.92 Å². The number of hydrogen-bond acceptors (Lipinski definition) is 5. The molecule has 2 heterocycles. The van der Waals surface area contributed by atoms with Gasteiger partial charge in [0.15, 0.2) is 5.69 Å². The molecule has 2 aromatic rings. The van der Waals surface area contributed by atoms with Crippen LogP contribution >= 0.6 is 0 Å². The number of nitriles is 1. The highest BCUT2D eigenvalue weighted by molar-refractivity contribution is 5.35. The fourth-order valence-corrected chi connectivity index (χ4v) is 3.14. The van der Waals surface area contributed by atoms with Crippen molar-refractivity contribution in [2.75, 3.05) is 18.4 Å². The molecule has 3 rings (SSSR count). The molecule has 0 aliphatic carbocycles. The topological polar surface area (TPSA) is 64.8 Å². The number of benzene rings is 1. The first-order chi connectivity index (χ1) is 11.2. The zero-order valence-corrected chi connectivity index (χ0v) is 13.3. The second kappa shape index (κ2) is 7.21. The third kappa shape index (κ3) is 4.05. The van der Waals surface area contributed by atoms with Gasteiger partial charge in [-0.1, -0.05) is 30.3 Å². The maximum absolute atomic E-state index is 8.73. The van der Waals surface area contributed by atoms with Crippen molar-refractivity contribution < 1.29 is 0 Å². The summed E-state index contributed by atoms with van der Waals surface area (Å²) in [5.41, 5.74) is 1.71. The molecule has 0 amide bonds. The Hall–Kier alpha value is -2.45. The van der Waals surface area contributed by atoms with Crippen molar-refractivity contribution in [3.05, 3.63) is 53.7 Å². The van der Waals surface area contributed by atoms with Crippen LogP contribution in [0, 0.1) is 17.2 Å². The van der Waals surface area contributed by atoms with Crippen LogP contribution in [0.25, 0.3) is 0 Å². The van der Waals surface area contributed by atoms with E-state index >= 15 is 0 Å². The minimum absolute atomic E-state index is 0.346. The van der Waals surface area contributed by atoms with Crippen molar-refractivity contribution in [1.29, 1.82) is 5.26 Å². The van der Waals surface area contributed by atoms with Crippen LogP contribution in [0.3, 0.4) is 0 Å². The van der Waals surface area contributed by atoms with E-state index < -0.39 is 0 Å². The summed E-state index contributed by atoms with van der Waals surface area (Å²) in [5, 5.41) is 19.9. The predicted octanol–water partition coefficient (Wildman–Crippen LogP) is 2.67. The molecule has 118 valence electrons. The molecule has 0 radical (unpaired) electrons. The lowest BCUT2D eigenvalue weighted by atomic mass is 10.1. The smallest absolute Gasteiger partial charge is 0.163 e. The number of hydrogen-bond donors (Lipinski definition) is 1. The summed E-state index contributed by atoms with van der Waals surface area (Å²) in [7, 11) is 0. The van der Waals surface area contributed by atoms with Crippen molar-refractivity contribution >= 4 is 5.82 Å². The summed E-state index contributed by atoms with van der Waals surface area (Å²) in [6.45, 7) is 5.28. The molecule has 2 unspecified atom stereocenters. The molecule has 1 aliphatic rings. The lowest BCUT2D eigenvalue weighted by Crippen LogP contribution is -2.27. The second-order valence-electron chi connectivity index (χ2n) is 6.16. The molecule has 0 bridgehead atoms. The van der Waals surface area contributed by atoms with Gasteiger partial charge >= 0.3 is 0 Å². The fraction of sp³-hybridized carbons (Fsp3) is 0.389. The molecule has 23 heavy (non-hydrogen) atoms. The predicted molar refractivity (Wildman–Crippen MR) is 89.7 cm³/mol. The third-order valence-electron chi connectivity index (χ3n) is 4.37. The van der Waals surface area contributed by atoms with E-state index in [0.29, 0.717) is 17.7 Å². The lowest BCUT2D eigenvalue weighted by molar-refractivity contribution is 0.256. The van der Waals surface area contributed by atoms with Gasteiger partial charge in [-0.25, -0.2) is 0 Å². The number of nitrogens with one attached hydrogen (secondary N) is 1. The minimum atomic E-state index is 0.346. The van der Waals surface area contributed by atoms with Gasteiger partial charge < -0.3 is 5.32 Å². The number of nitrogens with zero attached hydrogens (tertiary/aromatic N) is 4. The summed E-state index contributed by atoms with van der Waals surface area (Å²) in [6.07, 6.45) is 1.18. The third-order valence-corrected chi connectivity index (χ3v) is 4.37. The van der Waals surface area contributed by atoms with E-state index in [0.717, 1.165) is 25.5 Å². The Balaban J connectivity index is 1.51. The average molecular weight is 307 g/mol. The Kier molecular flexibility index (Phi) is 4.84. The monoisotopic (exact) mass is 307 g/mol. The molecule has 5 heteroatoms. The average Bonchev–Trinajstić information content (AvgIpc) is 2.94. The zero-order valence-electron chi connectivity index (χ0n) is 13.3. The highest BCUT2D eigenvalue weighted by Crippen LogP contribution is 2.25. The molecule has 1 aliphatic heterocycles. The maximum atomic E-state index is 8.73. The van der Waals surface area contributed by atoms with Crippen LogP contribution in [0.5, 0.6) is 0 Å². The van der Waals surface area contributed by atoms with E-state index in [1.54, 1.807) is 6.07 Å². The van der Waals surface area contributed by atoms with Gasteiger partial charge in [0.05, 0.1) is 0 Å². The molecule has 1 aromatic carbocycles. The maximum Gasteiger partial charge on any atom is 0.163 e. The Labute approximate surface area is 137 Å². The van der Waals surface area contributed by atoms with Gasteiger partial charge in [0.25, 0.3) is 0 Å². The van der Waals surface area contributed by atoms with Gasteiger partial charge in [0.2, 0.25) is 0 Å². The normalized spacial score (nSPS) is 21.0. The zero-order chi connectivity index (χ0) is 16.1. The van der Waals surface area contributed by atoms with Crippen molar-refractivity contribution in [3.63, 3.8) is 0 Å². The lowest BCUT2D eigenvalue weighted by Gasteiger charge is -2.21. The van der Waals surface area contributed by atoms with E-state index in [1.807, 2.05) is 12.1 Å². The first-order valence-corrected chi connectivity index (χ1v) is 8.00. The van der Waals surface area contributed by atoms with Crippen LogP contribution in [-0.2, 0) is 6.54 Å². The van der Waals surface area contributed by atoms with Gasteiger partial charge in [-0.3, -0.25) is 4.90 Å². The molecule has 1 aromatic heterocycles. The number of anilines is 1. The second-order valence-corrected chi connectivity index (χ2v) is 6.16. The van der Waals surface area contributed by atoms with Crippen molar-refractivity contribution in [3.8, 4) is 6.07 Å². The molecule has 0 spiro atoms. The standard InChI is InChI=1S/C18H21N5/c1-14-9-16(11-20-18-8-7-17(10-19)21-22-18)13-23(14)12-15-5-3-2-4-6-15/h2-8,14,16H,9,11-13H2,1H3,(H,20,22). The summed E-state index contributed by atoms with van der Waals surface area (Å²) in [4.78, 5) is 2.53. The highest BCUT2D eigenvalue weighted by Gasteiger charge is 2.28. The minimum Gasteiger partial charge on any atom is -0.368 e. The van der Waals surface area contributed by atoms with Gasteiger partial charge in [-0.05, 0) is 37.0 Å². The Morgan fingerprint density at radius 1 is 1.22 bits per heavy atom. The molecule has 1 fully saturated rings. The fourth-order valence-electron chi connectivity index (χ4n) is 3.14. The van der Waals surface area contributed by atoms with Crippen LogP contribution in [0.4, 0.5) is 5.82 Å². The van der Waals surface area contributed by atoms with Crippen LogP contribution in [0.1, 0.15) is 24.6 Å². The van der Waals surface area contributed by atoms with Gasteiger partial charge in [0, 0.05) is 25.7 Å². The SMILES string of the molecule is CC1CC(CNc2ccc(C#N)nn2)CN1Cc1ccccc1. The first kappa shape index (κ1) is 15.4. The summed E-state index contributed by atoms with van der Waals surface area (Å²) in [6, 6.07) is 16.7. The number of aromatic nitrogens is 2. The molecule has 1 N–H and O–H groups in total. The molecule has 2 atom stereocenters. The Morgan fingerprint density at radius 3 is 2.74 bits per heavy atom. The summed E-state index contributed by atoms with van der Waals surface area (Å²) in [5.74, 6) is 1.34. The Morgan fingerprint density at radius 2 is 2.04 bits per heavy atom. The van der Waals surface area contributed by atoms with Gasteiger partial charge in [-0.15, -0.1) is 10.2 Å². The molecular formula is C18H21N5. The van der Waals surface area contributed by atoms with Crippen LogP contribution in [-0.4, -0.2) is 34.2 Å². The largest absolute Gasteiger partial charge is 0.368 e. The van der Waals surface area contributed by atoms with Crippen LogP contribution < -0.4 is 5.32 Å². The Bertz CT molecular complexity index is 662. The number of rotatable bonds is 5. The van der Waals surface area contributed by atoms with Gasteiger partial charge in [0.1, 0.15) is 11.9 Å².